The maximum atomic E-state index is 12.1. The predicted octanol–water partition coefficient (Wildman–Crippen LogP) is 4.30. The summed E-state index contributed by atoms with van der Waals surface area (Å²) in [6, 6.07) is 19.0. The average molecular weight is 388 g/mol. The number of hydrogen-bond acceptors (Lipinski definition) is 3. The molecule has 0 fully saturated rings. The number of thiophene rings is 1. The number of anilines is 1. The van der Waals surface area contributed by atoms with Gasteiger partial charge < -0.3 is 10.6 Å². The maximum absolute atomic E-state index is 12.1. The Morgan fingerprint density at radius 3 is 2.50 bits per heavy atom. The molecule has 4 nitrogen and oxygen atoms in total. The summed E-state index contributed by atoms with van der Waals surface area (Å²) < 4.78 is 0. The Bertz CT molecular complexity index is 986. The van der Waals surface area contributed by atoms with Crippen molar-refractivity contribution in [3.8, 4) is 11.8 Å². The Morgan fingerprint density at radius 2 is 1.71 bits per heavy atom. The van der Waals surface area contributed by atoms with Gasteiger partial charge in [-0.3, -0.25) is 9.59 Å². The Morgan fingerprint density at radius 1 is 0.929 bits per heavy atom. The van der Waals surface area contributed by atoms with Crippen molar-refractivity contribution in [1.29, 1.82) is 0 Å². The Kier molecular flexibility index (Phi) is 7.00. The molecule has 0 saturated heterocycles. The third kappa shape index (κ3) is 6.11. The first-order valence-corrected chi connectivity index (χ1v) is 9.92. The number of nitrogens with one attached hydrogen (secondary N) is 2. The molecule has 5 heteroatoms. The van der Waals surface area contributed by atoms with Crippen LogP contribution >= 0.6 is 11.3 Å². The van der Waals surface area contributed by atoms with E-state index in [2.05, 4.69) is 22.5 Å². The van der Waals surface area contributed by atoms with Crippen LogP contribution in [0.25, 0.3) is 0 Å². The van der Waals surface area contributed by atoms with Crippen molar-refractivity contribution in [3.05, 3.63) is 88.1 Å². The van der Waals surface area contributed by atoms with Gasteiger partial charge in [-0.05, 0) is 48.2 Å². The normalized spacial score (nSPS) is 9.86. The fourth-order valence-electron chi connectivity index (χ4n) is 2.51. The molecule has 0 bridgehead atoms. The van der Waals surface area contributed by atoms with E-state index in [-0.39, 0.29) is 11.8 Å². The number of hydrogen-bond donors (Lipinski definition) is 2. The molecule has 2 aromatic carbocycles. The molecule has 0 aliphatic carbocycles. The van der Waals surface area contributed by atoms with Crippen molar-refractivity contribution in [2.75, 3.05) is 11.9 Å². The van der Waals surface area contributed by atoms with Gasteiger partial charge in [0.15, 0.2) is 0 Å². The zero-order valence-electron chi connectivity index (χ0n) is 15.3. The van der Waals surface area contributed by atoms with Gasteiger partial charge in [-0.25, -0.2) is 0 Å². The minimum atomic E-state index is -0.105. The lowest BCUT2D eigenvalue weighted by atomic mass is 10.1. The monoisotopic (exact) mass is 388 g/mol. The van der Waals surface area contributed by atoms with E-state index < -0.39 is 0 Å². The summed E-state index contributed by atoms with van der Waals surface area (Å²) in [5.74, 6) is 6.02. The van der Waals surface area contributed by atoms with Crippen LogP contribution in [0.5, 0.6) is 0 Å². The minimum absolute atomic E-state index is 0.0852. The molecule has 3 rings (SSSR count). The van der Waals surface area contributed by atoms with Crippen molar-refractivity contribution >= 4 is 28.8 Å². The lowest BCUT2D eigenvalue weighted by Crippen LogP contribution is -2.25. The molecule has 0 radical (unpaired) electrons. The van der Waals surface area contributed by atoms with E-state index in [1.165, 1.54) is 11.3 Å². The van der Waals surface area contributed by atoms with Crippen LogP contribution in [0.3, 0.4) is 0 Å². The second-order valence-corrected chi connectivity index (χ2v) is 6.90. The summed E-state index contributed by atoms with van der Waals surface area (Å²) in [5, 5.41) is 9.36. The van der Waals surface area contributed by atoms with Crippen molar-refractivity contribution in [1.82, 2.24) is 5.32 Å². The Hall–Kier alpha value is -3.36. The first-order valence-electron chi connectivity index (χ1n) is 8.98. The molecule has 0 saturated carbocycles. The van der Waals surface area contributed by atoms with E-state index in [9.17, 15) is 9.59 Å². The van der Waals surface area contributed by atoms with Crippen molar-refractivity contribution in [2.45, 2.75) is 12.8 Å². The largest absolute Gasteiger partial charge is 0.352 e. The van der Waals surface area contributed by atoms with E-state index in [1.807, 2.05) is 60.0 Å². The van der Waals surface area contributed by atoms with Crippen molar-refractivity contribution in [2.24, 2.45) is 0 Å². The quantitative estimate of drug-likeness (QED) is 0.489. The third-order valence-electron chi connectivity index (χ3n) is 3.92. The van der Waals surface area contributed by atoms with Crippen molar-refractivity contribution < 1.29 is 9.59 Å². The van der Waals surface area contributed by atoms with Crippen LogP contribution in [0, 0.1) is 11.8 Å². The topological polar surface area (TPSA) is 58.2 Å². The molecule has 0 spiro atoms. The zero-order chi connectivity index (χ0) is 19.6. The van der Waals surface area contributed by atoms with Crippen LogP contribution in [-0.2, 0) is 4.79 Å². The summed E-state index contributed by atoms with van der Waals surface area (Å²) in [5.41, 5.74) is 3.15. The lowest BCUT2D eigenvalue weighted by Gasteiger charge is -2.06. The Balaban J connectivity index is 1.45. The standard InChI is InChI=1S/C23H20N2O2S/c26-22(10-5-14-24-23(27)20-13-15-28-17-20)25-21-9-4-8-19(16-21)12-11-18-6-2-1-3-7-18/h1-4,6-9,13,15-17H,5,10,14H2,(H,24,27)(H,25,26). The van der Waals surface area contributed by atoms with E-state index in [0.717, 1.165) is 11.1 Å². The van der Waals surface area contributed by atoms with Gasteiger partial charge in [-0.15, -0.1) is 0 Å². The van der Waals surface area contributed by atoms with Gasteiger partial charge in [-0.2, -0.15) is 11.3 Å². The van der Waals surface area contributed by atoms with Crippen LogP contribution < -0.4 is 10.6 Å². The molecule has 2 amide bonds. The second-order valence-electron chi connectivity index (χ2n) is 6.12. The first-order chi connectivity index (χ1) is 13.7. The molecule has 0 aliphatic heterocycles. The smallest absolute Gasteiger partial charge is 0.252 e. The summed E-state index contributed by atoms with van der Waals surface area (Å²) in [6.45, 7) is 0.463. The predicted molar refractivity (Wildman–Crippen MR) is 113 cm³/mol. The lowest BCUT2D eigenvalue weighted by molar-refractivity contribution is -0.116. The number of amides is 2. The van der Waals surface area contributed by atoms with Crippen LogP contribution in [0.15, 0.2) is 71.4 Å². The SMILES string of the molecule is O=C(CCCNC(=O)c1ccsc1)Nc1cccc(C#Cc2ccccc2)c1. The fraction of sp³-hybridized carbons (Fsp3) is 0.130. The molecular formula is C23H20N2O2S. The average Bonchev–Trinajstić information content (AvgIpc) is 3.26. The molecule has 2 N–H and O–H groups in total. The number of carbonyl (C=O) groups is 2. The van der Waals surface area contributed by atoms with E-state index in [4.69, 9.17) is 0 Å². The molecule has 140 valence electrons. The highest BCUT2D eigenvalue weighted by atomic mass is 32.1. The first kappa shape index (κ1) is 19.4. The van der Waals surface area contributed by atoms with Crippen LogP contribution in [-0.4, -0.2) is 18.4 Å². The van der Waals surface area contributed by atoms with Crippen molar-refractivity contribution in [3.63, 3.8) is 0 Å². The van der Waals surface area contributed by atoms with E-state index in [0.29, 0.717) is 30.6 Å². The third-order valence-corrected chi connectivity index (χ3v) is 4.60. The summed E-state index contributed by atoms with van der Waals surface area (Å²) in [6.07, 6.45) is 0.916. The maximum Gasteiger partial charge on any atom is 0.252 e. The highest BCUT2D eigenvalue weighted by molar-refractivity contribution is 7.08. The van der Waals surface area contributed by atoms with Gasteiger partial charge in [0.05, 0.1) is 0 Å². The fourth-order valence-corrected chi connectivity index (χ4v) is 3.15. The second kappa shape index (κ2) is 10.1. The van der Waals surface area contributed by atoms with E-state index >= 15 is 0 Å². The number of rotatable bonds is 6. The highest BCUT2D eigenvalue weighted by Crippen LogP contribution is 2.11. The molecule has 1 heterocycles. The summed E-state index contributed by atoms with van der Waals surface area (Å²) in [7, 11) is 0. The number of benzene rings is 2. The van der Waals surface area contributed by atoms with Gasteiger partial charge in [0.1, 0.15) is 0 Å². The molecule has 0 unspecified atom stereocenters. The molecule has 1 aromatic heterocycles. The Labute approximate surface area is 168 Å². The minimum Gasteiger partial charge on any atom is -0.352 e. The van der Waals surface area contributed by atoms with Crippen LogP contribution in [0.4, 0.5) is 5.69 Å². The van der Waals surface area contributed by atoms with Crippen LogP contribution in [0.2, 0.25) is 0 Å². The highest BCUT2D eigenvalue weighted by Gasteiger charge is 2.06. The number of carbonyl (C=O) groups excluding carboxylic acids is 2. The molecule has 28 heavy (non-hydrogen) atoms. The molecule has 0 atom stereocenters. The van der Waals surface area contributed by atoms with Gasteiger partial charge in [-0.1, -0.05) is 36.1 Å². The molecule has 0 aliphatic rings. The zero-order valence-corrected chi connectivity index (χ0v) is 16.1. The molecule has 3 aromatic rings. The van der Waals surface area contributed by atoms with E-state index in [1.54, 1.807) is 11.4 Å². The van der Waals surface area contributed by atoms with Crippen LogP contribution in [0.1, 0.15) is 34.3 Å². The van der Waals surface area contributed by atoms with Gasteiger partial charge in [0, 0.05) is 40.7 Å². The summed E-state index contributed by atoms with van der Waals surface area (Å²) in [4.78, 5) is 23.9. The van der Waals surface area contributed by atoms with Gasteiger partial charge >= 0.3 is 0 Å². The van der Waals surface area contributed by atoms with Gasteiger partial charge in [0.25, 0.3) is 5.91 Å². The molecular weight excluding hydrogens is 368 g/mol. The van der Waals surface area contributed by atoms with Gasteiger partial charge in [0.2, 0.25) is 5.91 Å². The summed E-state index contributed by atoms with van der Waals surface area (Å²) >= 11 is 1.48.